The van der Waals surface area contributed by atoms with Crippen LogP contribution >= 0.6 is 0 Å². The van der Waals surface area contributed by atoms with Gasteiger partial charge in [0.2, 0.25) is 0 Å². The molecule has 2 aliphatic heterocycles. The van der Waals surface area contributed by atoms with Crippen LogP contribution in [0.1, 0.15) is 25.7 Å². The van der Waals surface area contributed by atoms with Gasteiger partial charge in [-0.2, -0.15) is 0 Å². The number of nitrogens with one attached hydrogen (secondary N) is 2. The maximum absolute atomic E-state index is 6.64. The first-order valence-electron chi connectivity index (χ1n) is 24.4. The van der Waals surface area contributed by atoms with Gasteiger partial charge in [-0.05, 0) is 176 Å². The molecule has 20 radical (unpaired) electrons. The van der Waals surface area contributed by atoms with Crippen molar-refractivity contribution in [2.45, 2.75) is 25.7 Å². The summed E-state index contributed by atoms with van der Waals surface area (Å²) in [5.74, 6) is 9.20. The van der Waals surface area contributed by atoms with E-state index in [1.807, 2.05) is 124 Å². The topological polar surface area (TPSA) is 146 Å². The number of H-pyrrole nitrogens is 2. The van der Waals surface area contributed by atoms with Crippen molar-refractivity contribution in [2.75, 3.05) is 26.4 Å². The first-order chi connectivity index (χ1) is 35.7. The Morgan fingerprint density at radius 2 is 0.639 bits per heavy atom. The van der Waals surface area contributed by atoms with Crippen LogP contribution in [0.3, 0.4) is 0 Å². The maximum Gasteiger partial charge on any atom is 0.168 e. The van der Waals surface area contributed by atoms with Gasteiger partial charge < -0.3 is 28.9 Å². The van der Waals surface area contributed by atoms with Gasteiger partial charge >= 0.3 is 0 Å². The van der Waals surface area contributed by atoms with E-state index in [9.17, 15) is 0 Å². The van der Waals surface area contributed by atoms with E-state index in [0.717, 1.165) is 69.5 Å². The quantitative estimate of drug-likeness (QED) is 0.0960. The highest BCUT2D eigenvalue weighted by atomic mass is 16.5. The van der Waals surface area contributed by atoms with Crippen molar-refractivity contribution in [3.63, 3.8) is 0 Å². The molecule has 4 aliphatic carbocycles. The van der Waals surface area contributed by atoms with Gasteiger partial charge in [0.05, 0.1) is 48.3 Å². The van der Waals surface area contributed by atoms with Crippen LogP contribution in [0.15, 0.2) is 72.8 Å². The molecule has 0 spiro atoms. The second-order valence-electron chi connectivity index (χ2n) is 17.9. The molecule has 12 nitrogen and oxygen atoms in total. The van der Waals surface area contributed by atoms with E-state index < -0.39 is 0 Å². The summed E-state index contributed by atoms with van der Waals surface area (Å²) < 4.78 is 26.5. The third kappa shape index (κ3) is 9.04. The van der Waals surface area contributed by atoms with Crippen molar-refractivity contribution in [1.29, 1.82) is 0 Å². The van der Waals surface area contributed by atoms with E-state index in [-0.39, 0.29) is 0 Å². The number of aromatic nitrogens is 8. The Bertz CT molecular complexity index is 3280. The van der Waals surface area contributed by atoms with Crippen LogP contribution in [-0.4, -0.2) is 66.3 Å². The zero-order chi connectivity index (χ0) is 47.8. The van der Waals surface area contributed by atoms with E-state index >= 15 is 0 Å². The van der Waals surface area contributed by atoms with Gasteiger partial charge in [-0.25, -0.2) is 29.9 Å². The predicted octanol–water partition coefficient (Wildman–Crippen LogP) is 11.6. The Morgan fingerprint density at radius 3 is 1.04 bits per heavy atom. The lowest BCUT2D eigenvalue weighted by Crippen LogP contribution is -2.04. The molecule has 8 bridgehead atoms. The summed E-state index contributed by atoms with van der Waals surface area (Å²) in [6.45, 7) is 1.84. The molecule has 3 aromatic heterocycles. The average molecular weight is 943 g/mol. The molecule has 350 valence electrons. The van der Waals surface area contributed by atoms with E-state index in [1.54, 1.807) is 0 Å². The highest BCUT2D eigenvalue weighted by Gasteiger charge is 2.29. The van der Waals surface area contributed by atoms with Crippen molar-refractivity contribution < 1.29 is 18.9 Å². The molecule has 4 fully saturated rings. The minimum Gasteiger partial charge on any atom is -0.493 e. The van der Waals surface area contributed by atoms with Gasteiger partial charge in [-0.3, -0.25) is 0 Å². The number of benzene rings is 4. The molecule has 5 heterocycles. The predicted molar refractivity (Wildman–Crippen MR) is 278 cm³/mol. The Morgan fingerprint density at radius 1 is 0.319 bits per heavy atom. The van der Waals surface area contributed by atoms with Crippen molar-refractivity contribution in [2.24, 2.45) is 0 Å². The molecule has 4 saturated carbocycles. The first kappa shape index (κ1) is 45.3. The van der Waals surface area contributed by atoms with Gasteiger partial charge in [-0.1, -0.05) is 48.5 Å². The number of aromatic amines is 2. The van der Waals surface area contributed by atoms with Crippen LogP contribution in [0.25, 0.3) is 89.7 Å². The highest BCUT2D eigenvalue weighted by molar-refractivity contribution is 6.10. The fourth-order valence-corrected chi connectivity index (χ4v) is 9.78. The zero-order valence-electron chi connectivity index (χ0n) is 39.1. The fourth-order valence-electron chi connectivity index (χ4n) is 9.78. The van der Waals surface area contributed by atoms with E-state index in [1.165, 1.54) is 23.7 Å². The number of hydrogen-bond acceptors (Lipinski definition) is 10. The summed E-state index contributed by atoms with van der Waals surface area (Å²) in [6, 6.07) is 23.9. The van der Waals surface area contributed by atoms with Gasteiger partial charge in [0, 0.05) is 21.9 Å². The van der Waals surface area contributed by atoms with E-state index in [0.29, 0.717) is 95.3 Å². The summed E-state index contributed by atoms with van der Waals surface area (Å²) >= 11 is 0. The third-order valence-electron chi connectivity index (χ3n) is 13.3. The molecule has 4 aromatic carbocycles. The lowest BCUT2D eigenvalue weighted by molar-refractivity contribution is 0.318. The van der Waals surface area contributed by atoms with Crippen molar-refractivity contribution in [1.82, 2.24) is 39.9 Å². The lowest BCUT2D eigenvalue weighted by Gasteiger charge is -2.12. The van der Waals surface area contributed by atoms with Crippen LogP contribution < -0.4 is 18.9 Å². The van der Waals surface area contributed by atoms with Crippen LogP contribution in [0.2, 0.25) is 0 Å². The maximum atomic E-state index is 6.64. The molecule has 72 heavy (non-hydrogen) atoms. The summed E-state index contributed by atoms with van der Waals surface area (Å²) in [7, 11) is 0. The standard InChI is InChI=1S/C60H46N8O4/c1-2-14-37(13-1)29-33-69-45-25-9-21-41-49(45)57-62-53(41)61-54-42-22-10-26-46(70-34-30-38-15-3-4-16-38)50(42)58(63-54)65-56-44-24-12-28-48(72-36-32-40-19-7-8-20-40)52(44)60(67-56)68-59-51-43(55(64-57)66-59)23-11-27-47(51)71-35-31-39-17-5-6-18-39/h1-28H,29-36H2,(H2,61,62,63,64,65,66,67,68). The molecule has 0 amide bonds. The number of fused-ring (bicyclic) bond motifs is 20. The van der Waals surface area contributed by atoms with E-state index in [4.69, 9.17) is 48.9 Å². The van der Waals surface area contributed by atoms with Crippen molar-refractivity contribution >= 4 is 44.1 Å². The Hall–Kier alpha value is -6.56. The number of ether oxygens (including phenoxy) is 4. The highest BCUT2D eigenvalue weighted by Crippen LogP contribution is 2.45. The Labute approximate surface area is 421 Å². The molecule has 0 saturated heterocycles. The molecule has 2 N–H and O–H groups in total. The third-order valence-corrected chi connectivity index (χ3v) is 13.3. The molecule has 7 aromatic rings. The van der Waals surface area contributed by atoms with Gasteiger partial charge in [0.25, 0.3) is 0 Å². The summed E-state index contributed by atoms with van der Waals surface area (Å²) in [6.07, 6.45) is 36.2. The molecule has 0 unspecified atom stereocenters. The second-order valence-corrected chi connectivity index (χ2v) is 17.9. The summed E-state index contributed by atoms with van der Waals surface area (Å²) in [5, 5.41) is 3.12. The summed E-state index contributed by atoms with van der Waals surface area (Å²) in [4.78, 5) is 39.2. The number of nitrogens with zero attached hydrogens (tertiary/aromatic N) is 6. The van der Waals surface area contributed by atoms with Crippen LogP contribution in [0, 0.1) is 126 Å². The first-order valence-corrected chi connectivity index (χ1v) is 24.4. The van der Waals surface area contributed by atoms with Crippen LogP contribution in [0.4, 0.5) is 0 Å². The molecule has 0 atom stereocenters. The second kappa shape index (κ2) is 20.2. The minimum atomic E-state index is 0.424. The lowest BCUT2D eigenvalue weighted by atomic mass is 10.0. The van der Waals surface area contributed by atoms with Crippen LogP contribution in [0.5, 0.6) is 23.0 Å². The Balaban J connectivity index is 1.03. The Kier molecular flexibility index (Phi) is 12.7. The van der Waals surface area contributed by atoms with Crippen LogP contribution in [-0.2, 0) is 0 Å². The van der Waals surface area contributed by atoms with Gasteiger partial charge in [0.1, 0.15) is 45.6 Å². The van der Waals surface area contributed by atoms with Crippen molar-refractivity contribution in [3.05, 3.63) is 199 Å². The molecule has 13 rings (SSSR count). The molecule has 6 aliphatic rings. The van der Waals surface area contributed by atoms with E-state index in [2.05, 4.69) is 61.3 Å². The molecular formula is C60H46N8O4. The largest absolute Gasteiger partial charge is 0.493 e. The van der Waals surface area contributed by atoms with Crippen molar-refractivity contribution in [3.8, 4) is 68.5 Å². The zero-order valence-corrected chi connectivity index (χ0v) is 39.1. The smallest absolute Gasteiger partial charge is 0.168 e. The SMILES string of the molecule is [CH]1[CH][CH][C](CCOc2cccc3c2-c2nc-3nc3[nH]c(nc4nc(nc5[nH]c(n2)c2cccc(OCC[C]6[CH][CH][CH][CH]6)c52)-c2c(OCC[C]5[CH][CH][CH][CH]5)cccc2-4)c2c(OCC[C]4[CH][CH][CH][CH]4)cccc32)[CH]1. The monoisotopic (exact) mass is 942 g/mol. The normalized spacial score (nSPS) is 17.3. The summed E-state index contributed by atoms with van der Waals surface area (Å²) in [5.41, 5.74) is 5.14. The fraction of sp³-hybridized carbons (Fsp3) is 0.133. The molecule has 12 heteroatoms. The minimum absolute atomic E-state index is 0.424. The van der Waals surface area contributed by atoms with Gasteiger partial charge in [0.15, 0.2) is 23.3 Å². The molecular weight excluding hydrogens is 897 g/mol. The average Bonchev–Trinajstić information content (AvgIpc) is 4.26. The number of rotatable bonds is 16. The number of hydrogen-bond donors (Lipinski definition) is 2. The van der Waals surface area contributed by atoms with Gasteiger partial charge in [-0.15, -0.1) is 0 Å².